The monoisotopic (exact) mass is 246 g/mol. The van der Waals surface area contributed by atoms with Gasteiger partial charge in [-0.1, -0.05) is 13.8 Å². The van der Waals surface area contributed by atoms with Gasteiger partial charge in [0.05, 0.1) is 0 Å². The summed E-state index contributed by atoms with van der Waals surface area (Å²) >= 11 is 0. The van der Waals surface area contributed by atoms with Gasteiger partial charge in [0.1, 0.15) is 0 Å². The lowest BCUT2D eigenvalue weighted by atomic mass is 10.0. The van der Waals surface area contributed by atoms with Crippen molar-refractivity contribution in [1.29, 1.82) is 0 Å². The fraction of sp³-hybridized carbons (Fsp3) is 0.917. The number of likely N-dealkylation sites (tertiary alicyclic amines) is 1. The van der Waals surface area contributed by atoms with E-state index in [1.54, 1.807) is 0 Å². The number of hydrogen-bond donors (Lipinski definition) is 1. The molecule has 1 heterocycles. The van der Waals surface area contributed by atoms with Crippen LogP contribution < -0.4 is 5.73 Å². The van der Waals surface area contributed by atoms with Gasteiger partial charge >= 0.3 is 0 Å². The van der Waals surface area contributed by atoms with Crippen molar-refractivity contribution in [2.45, 2.75) is 45.6 Å². The fourth-order valence-electron chi connectivity index (χ4n) is 2.62. The van der Waals surface area contributed by atoms with E-state index < -0.39 is 0 Å². The van der Waals surface area contributed by atoms with Crippen LogP contribution in [0.4, 0.5) is 0 Å². The summed E-state index contributed by atoms with van der Waals surface area (Å²) in [6.07, 6.45) is 4.52. The third-order valence-electron chi connectivity index (χ3n) is 3.99. The van der Waals surface area contributed by atoms with Crippen molar-refractivity contribution < 1.29 is 4.79 Å². The molecule has 16 heavy (non-hydrogen) atoms. The van der Waals surface area contributed by atoms with Gasteiger partial charge in [0.2, 0.25) is 5.91 Å². The predicted octanol–water partition coefficient (Wildman–Crippen LogP) is 1.79. The van der Waals surface area contributed by atoms with Crippen LogP contribution in [0.2, 0.25) is 0 Å². The van der Waals surface area contributed by atoms with E-state index in [0.717, 1.165) is 25.8 Å². The third-order valence-corrected chi connectivity index (χ3v) is 3.99. The van der Waals surface area contributed by atoms with Gasteiger partial charge in [0.25, 0.3) is 0 Å². The van der Waals surface area contributed by atoms with E-state index in [2.05, 4.69) is 13.8 Å². The van der Waals surface area contributed by atoms with Crippen LogP contribution in [0.15, 0.2) is 0 Å². The summed E-state index contributed by atoms with van der Waals surface area (Å²) in [6.45, 7) is 5.90. The van der Waals surface area contributed by atoms with Crippen LogP contribution in [-0.2, 0) is 4.79 Å². The highest BCUT2D eigenvalue weighted by Gasteiger charge is 2.52. The molecule has 1 saturated carbocycles. The first-order valence-electron chi connectivity index (χ1n) is 6.07. The van der Waals surface area contributed by atoms with Gasteiger partial charge in [-0.3, -0.25) is 4.79 Å². The molecule has 2 unspecified atom stereocenters. The molecular formula is C12H23ClN2O. The van der Waals surface area contributed by atoms with Crippen LogP contribution in [0.25, 0.3) is 0 Å². The van der Waals surface area contributed by atoms with Crippen LogP contribution in [0.1, 0.15) is 39.5 Å². The minimum absolute atomic E-state index is 0. The number of amides is 1. The molecule has 0 aromatic rings. The molecule has 1 saturated heterocycles. The number of rotatable bonds is 2. The van der Waals surface area contributed by atoms with Crippen LogP contribution in [-0.4, -0.2) is 29.9 Å². The number of nitrogens with two attached hydrogens (primary N) is 1. The van der Waals surface area contributed by atoms with Gasteiger partial charge < -0.3 is 10.6 Å². The van der Waals surface area contributed by atoms with Crippen molar-refractivity contribution in [2.75, 3.05) is 13.1 Å². The van der Waals surface area contributed by atoms with Crippen LogP contribution in [0.5, 0.6) is 0 Å². The number of hydrogen-bond acceptors (Lipinski definition) is 2. The minimum atomic E-state index is 0. The second kappa shape index (κ2) is 4.92. The zero-order chi connectivity index (χ0) is 11.1. The van der Waals surface area contributed by atoms with Crippen molar-refractivity contribution in [3.8, 4) is 0 Å². The lowest BCUT2D eigenvalue weighted by Gasteiger charge is -2.35. The maximum atomic E-state index is 12.2. The highest BCUT2D eigenvalue weighted by molar-refractivity contribution is 5.85. The van der Waals surface area contributed by atoms with Crippen LogP contribution >= 0.6 is 12.4 Å². The molecular weight excluding hydrogens is 224 g/mol. The predicted molar refractivity (Wildman–Crippen MR) is 67.5 cm³/mol. The molecule has 0 radical (unpaired) electrons. The van der Waals surface area contributed by atoms with Gasteiger partial charge in [-0.15, -0.1) is 12.4 Å². The van der Waals surface area contributed by atoms with Crippen molar-refractivity contribution in [3.05, 3.63) is 0 Å². The first-order valence-corrected chi connectivity index (χ1v) is 6.07. The summed E-state index contributed by atoms with van der Waals surface area (Å²) in [5, 5.41) is 0. The van der Waals surface area contributed by atoms with E-state index in [-0.39, 0.29) is 23.7 Å². The van der Waals surface area contributed by atoms with Gasteiger partial charge in [0, 0.05) is 25.0 Å². The van der Waals surface area contributed by atoms with Crippen molar-refractivity contribution in [3.63, 3.8) is 0 Å². The van der Waals surface area contributed by atoms with E-state index >= 15 is 0 Å². The molecule has 2 fully saturated rings. The fourth-order valence-corrected chi connectivity index (χ4v) is 2.62. The Balaban J connectivity index is 0.00000128. The van der Waals surface area contributed by atoms with E-state index in [4.69, 9.17) is 5.73 Å². The van der Waals surface area contributed by atoms with Gasteiger partial charge in [-0.05, 0) is 31.1 Å². The largest absolute Gasteiger partial charge is 0.338 e. The second-order valence-corrected chi connectivity index (χ2v) is 5.66. The smallest absolute Gasteiger partial charge is 0.226 e. The van der Waals surface area contributed by atoms with Gasteiger partial charge in [-0.25, -0.2) is 0 Å². The molecule has 2 aliphatic rings. The normalized spacial score (nSPS) is 31.8. The lowest BCUT2D eigenvalue weighted by Crippen LogP contribution is -2.48. The Kier molecular flexibility index (Phi) is 4.24. The maximum Gasteiger partial charge on any atom is 0.226 e. The molecule has 3 nitrogen and oxygen atoms in total. The summed E-state index contributed by atoms with van der Waals surface area (Å²) in [6, 6.07) is 0.308. The quantitative estimate of drug-likeness (QED) is 0.808. The molecule has 2 N–H and O–H groups in total. The summed E-state index contributed by atoms with van der Waals surface area (Å²) < 4.78 is 0. The molecule has 4 heteroatoms. The molecule has 2 atom stereocenters. The van der Waals surface area contributed by atoms with E-state index in [0.29, 0.717) is 18.5 Å². The van der Waals surface area contributed by atoms with Crippen molar-refractivity contribution >= 4 is 18.3 Å². The summed E-state index contributed by atoms with van der Waals surface area (Å²) in [5.41, 5.74) is 5.97. The molecule has 1 aliphatic heterocycles. The Labute approximate surface area is 104 Å². The number of carbonyl (C=O) groups excluding carboxylic acids is 1. The SMILES string of the molecule is CC1(C)CC1C(=O)N1CCCCC1CN.Cl. The average molecular weight is 247 g/mol. The van der Waals surface area contributed by atoms with Crippen LogP contribution in [0.3, 0.4) is 0 Å². The highest BCUT2D eigenvalue weighted by atomic mass is 35.5. The number of carbonyl (C=O) groups is 1. The van der Waals surface area contributed by atoms with E-state index in [1.165, 1.54) is 6.42 Å². The second-order valence-electron chi connectivity index (χ2n) is 5.66. The molecule has 94 valence electrons. The maximum absolute atomic E-state index is 12.2. The number of nitrogens with zero attached hydrogens (tertiary/aromatic N) is 1. The first-order chi connectivity index (χ1) is 7.06. The Morgan fingerprint density at radius 1 is 1.44 bits per heavy atom. The first kappa shape index (κ1) is 13.8. The Morgan fingerprint density at radius 2 is 2.06 bits per heavy atom. The van der Waals surface area contributed by atoms with Gasteiger partial charge in [-0.2, -0.15) is 0 Å². The summed E-state index contributed by atoms with van der Waals surface area (Å²) in [5.74, 6) is 0.625. The number of halogens is 1. The van der Waals surface area contributed by atoms with Crippen molar-refractivity contribution in [2.24, 2.45) is 17.1 Å². The minimum Gasteiger partial charge on any atom is -0.338 e. The van der Waals surface area contributed by atoms with Crippen molar-refractivity contribution in [1.82, 2.24) is 4.90 Å². The molecule has 0 aromatic carbocycles. The average Bonchev–Trinajstić information content (AvgIpc) is 2.86. The van der Waals surface area contributed by atoms with Crippen LogP contribution in [0, 0.1) is 11.3 Å². The van der Waals surface area contributed by atoms with E-state index in [1.807, 2.05) is 4.90 Å². The molecule has 0 spiro atoms. The Hall–Kier alpha value is -0.280. The highest BCUT2D eigenvalue weighted by Crippen LogP contribution is 2.52. The lowest BCUT2D eigenvalue weighted by molar-refractivity contribution is -0.136. The number of piperidine rings is 1. The molecule has 2 rings (SSSR count). The molecule has 1 aliphatic carbocycles. The summed E-state index contributed by atoms with van der Waals surface area (Å²) in [4.78, 5) is 14.3. The van der Waals surface area contributed by atoms with Gasteiger partial charge in [0.15, 0.2) is 0 Å². The molecule has 0 bridgehead atoms. The molecule has 1 amide bonds. The zero-order valence-electron chi connectivity index (χ0n) is 10.2. The topological polar surface area (TPSA) is 46.3 Å². The Bertz CT molecular complexity index is 268. The summed E-state index contributed by atoms with van der Waals surface area (Å²) in [7, 11) is 0. The zero-order valence-corrected chi connectivity index (χ0v) is 11.1. The Morgan fingerprint density at radius 3 is 2.56 bits per heavy atom. The third kappa shape index (κ3) is 2.51. The van der Waals surface area contributed by atoms with E-state index in [9.17, 15) is 4.79 Å². The standard InChI is InChI=1S/C12H22N2O.ClH/c1-12(2)7-10(12)11(15)14-6-4-3-5-9(14)8-13;/h9-10H,3-8,13H2,1-2H3;1H. The molecule has 0 aromatic heterocycles.